The van der Waals surface area contributed by atoms with E-state index in [-0.39, 0.29) is 28.5 Å². The van der Waals surface area contributed by atoms with Crippen molar-refractivity contribution in [1.29, 1.82) is 0 Å². The summed E-state index contributed by atoms with van der Waals surface area (Å²) in [6.07, 6.45) is 2.34. The highest BCUT2D eigenvalue weighted by Crippen LogP contribution is 2.53. The molecule has 0 unspecified atom stereocenters. The lowest BCUT2D eigenvalue weighted by Gasteiger charge is -2.46. The molecule has 0 spiro atoms. The molecule has 0 saturated heterocycles. The van der Waals surface area contributed by atoms with Crippen molar-refractivity contribution >= 4 is 78.6 Å². The minimum atomic E-state index is -0.0320. The van der Waals surface area contributed by atoms with Gasteiger partial charge < -0.3 is 13.8 Å². The number of nitrogens with zero attached hydrogens (tertiary/aromatic N) is 2. The summed E-state index contributed by atoms with van der Waals surface area (Å²) in [6.45, 7) is 23.9. The van der Waals surface area contributed by atoms with E-state index in [2.05, 4.69) is 182 Å². The zero-order valence-corrected chi connectivity index (χ0v) is 34.6. The lowest BCUT2D eigenvalue weighted by molar-refractivity contribution is 0.332. The van der Waals surface area contributed by atoms with Crippen LogP contribution in [-0.2, 0) is 21.7 Å². The molecule has 3 aliphatic rings. The fraction of sp³-hybridized carbons (Fsp3) is 0.308. The van der Waals surface area contributed by atoms with Crippen molar-refractivity contribution in [3.63, 3.8) is 0 Å². The van der Waals surface area contributed by atoms with Crippen molar-refractivity contribution < 1.29 is 4.42 Å². The molecule has 278 valence electrons. The third kappa shape index (κ3) is 4.47. The van der Waals surface area contributed by atoms with Gasteiger partial charge in [-0.05, 0) is 104 Å². The average Bonchev–Trinajstić information content (AvgIpc) is 3.70. The molecule has 2 aliphatic heterocycles. The summed E-state index contributed by atoms with van der Waals surface area (Å²) in [6, 6.07) is 39.7. The number of aromatic nitrogens is 1. The number of anilines is 3. The summed E-state index contributed by atoms with van der Waals surface area (Å²) in [5, 5.41) is 5.01. The zero-order valence-electron chi connectivity index (χ0n) is 34.6. The van der Waals surface area contributed by atoms with E-state index in [1.807, 2.05) is 0 Å². The fourth-order valence-electron chi connectivity index (χ4n) is 10.6. The quantitative estimate of drug-likeness (QED) is 0.157. The van der Waals surface area contributed by atoms with E-state index in [4.69, 9.17) is 4.42 Å². The maximum atomic E-state index is 6.91. The van der Waals surface area contributed by atoms with E-state index >= 15 is 0 Å². The third-order valence-electron chi connectivity index (χ3n) is 13.9. The number of hydrogen-bond acceptors (Lipinski definition) is 2. The van der Waals surface area contributed by atoms with Crippen molar-refractivity contribution in [2.45, 2.75) is 104 Å². The molecule has 11 rings (SSSR count). The number of benzene rings is 6. The molecule has 0 saturated carbocycles. The Hall–Kier alpha value is -5.22. The number of hydrogen-bond donors (Lipinski definition) is 0. The van der Waals surface area contributed by atoms with Crippen LogP contribution in [0.25, 0.3) is 54.9 Å². The van der Waals surface area contributed by atoms with E-state index in [0.29, 0.717) is 0 Å². The summed E-state index contributed by atoms with van der Waals surface area (Å²) in [4.78, 5) is 2.64. The second-order valence-electron chi connectivity index (χ2n) is 20.5. The molecule has 0 bridgehead atoms. The first-order valence-electron chi connectivity index (χ1n) is 20.7. The number of furan rings is 1. The Morgan fingerprint density at radius 2 is 1.23 bits per heavy atom. The van der Waals surface area contributed by atoms with Gasteiger partial charge >= 0.3 is 6.85 Å². The lowest BCUT2D eigenvalue weighted by atomic mass is 9.44. The van der Waals surface area contributed by atoms with E-state index in [9.17, 15) is 0 Å². The minimum absolute atomic E-state index is 0.0272. The Bertz CT molecular complexity index is 2980. The van der Waals surface area contributed by atoms with Crippen molar-refractivity contribution in [3.8, 4) is 11.1 Å². The summed E-state index contributed by atoms with van der Waals surface area (Å²) >= 11 is 0. The number of rotatable bonds is 1. The van der Waals surface area contributed by atoms with Crippen molar-refractivity contribution in [1.82, 2.24) is 4.48 Å². The molecule has 4 heteroatoms. The van der Waals surface area contributed by atoms with E-state index in [0.717, 1.165) is 11.2 Å². The van der Waals surface area contributed by atoms with Crippen LogP contribution in [0.15, 0.2) is 108 Å². The highest BCUT2D eigenvalue weighted by atomic mass is 16.3. The van der Waals surface area contributed by atoms with Gasteiger partial charge in [0.15, 0.2) is 0 Å². The van der Waals surface area contributed by atoms with Gasteiger partial charge in [-0.2, -0.15) is 0 Å². The molecule has 1 aliphatic carbocycles. The topological polar surface area (TPSA) is 21.3 Å². The normalized spacial score (nSPS) is 16.8. The Labute approximate surface area is 331 Å². The van der Waals surface area contributed by atoms with Gasteiger partial charge in [0.2, 0.25) is 0 Å². The zero-order chi connectivity index (χ0) is 38.8. The molecule has 56 heavy (non-hydrogen) atoms. The average molecular weight is 731 g/mol. The molecular formula is C52H51BN2O. The summed E-state index contributed by atoms with van der Waals surface area (Å²) in [7, 11) is 0. The van der Waals surface area contributed by atoms with Crippen LogP contribution in [0.1, 0.15) is 104 Å². The Morgan fingerprint density at radius 1 is 0.607 bits per heavy atom. The van der Waals surface area contributed by atoms with Crippen LogP contribution < -0.4 is 15.8 Å². The summed E-state index contributed by atoms with van der Waals surface area (Å²) in [5.41, 5.74) is 19.3. The van der Waals surface area contributed by atoms with Crippen molar-refractivity contribution in [2.75, 3.05) is 4.90 Å². The van der Waals surface area contributed by atoms with Crippen molar-refractivity contribution in [2.24, 2.45) is 0 Å². The molecule has 6 aromatic carbocycles. The second-order valence-corrected chi connectivity index (χ2v) is 20.5. The second kappa shape index (κ2) is 10.8. The van der Waals surface area contributed by atoms with Gasteiger partial charge in [0.1, 0.15) is 11.2 Å². The van der Waals surface area contributed by atoms with Gasteiger partial charge in [0.05, 0.1) is 0 Å². The fourth-order valence-corrected chi connectivity index (χ4v) is 10.6. The first-order chi connectivity index (χ1) is 26.5. The highest BCUT2D eigenvalue weighted by molar-refractivity contribution is 6.90. The summed E-state index contributed by atoms with van der Waals surface area (Å²) in [5.74, 6) is 0. The maximum Gasteiger partial charge on any atom is 0.333 e. The van der Waals surface area contributed by atoms with E-state index in [1.54, 1.807) is 0 Å². The molecule has 3 nitrogen and oxygen atoms in total. The number of para-hydroxylation sites is 3. The van der Waals surface area contributed by atoms with Crippen LogP contribution in [0.4, 0.5) is 17.1 Å². The molecule has 0 radical (unpaired) electrons. The molecule has 0 fully saturated rings. The van der Waals surface area contributed by atoms with Gasteiger partial charge in [-0.1, -0.05) is 136 Å². The number of fused-ring (bicyclic) bond motifs is 12. The Morgan fingerprint density at radius 3 is 1.93 bits per heavy atom. The van der Waals surface area contributed by atoms with Crippen LogP contribution in [0.5, 0.6) is 0 Å². The predicted molar refractivity (Wildman–Crippen MR) is 240 cm³/mol. The first kappa shape index (κ1) is 34.1. The third-order valence-corrected chi connectivity index (χ3v) is 13.9. The molecule has 2 aromatic heterocycles. The Balaban J connectivity index is 1.38. The molecule has 0 N–H and O–H groups in total. The van der Waals surface area contributed by atoms with Crippen LogP contribution in [0.2, 0.25) is 0 Å². The standard InChI is InChI=1S/C52H51BN2O/c1-49(2,3)30-24-31(50(4,5)6)26-32(25-30)54-41-28-38-37(51(7,8)22-23-52(38,9)10)27-39(41)53-47-42(54)29-44-45(35-17-12-14-21-43(35)56-44)46(47)36-19-15-18-34-33-16-11-13-20-40(33)55(53)48(34)36/h11-21,24-29H,22-23H2,1-10H3. The first-order valence-corrected chi connectivity index (χ1v) is 20.7. The molecular weight excluding hydrogens is 679 g/mol. The van der Waals surface area contributed by atoms with Crippen LogP contribution in [0.3, 0.4) is 0 Å². The molecule has 0 atom stereocenters. The lowest BCUT2D eigenvalue weighted by Crippen LogP contribution is -2.57. The van der Waals surface area contributed by atoms with Gasteiger partial charge in [0.25, 0.3) is 0 Å². The Kier molecular flexibility index (Phi) is 6.56. The van der Waals surface area contributed by atoms with Crippen LogP contribution in [0, 0.1) is 0 Å². The van der Waals surface area contributed by atoms with Crippen LogP contribution >= 0.6 is 0 Å². The maximum absolute atomic E-state index is 6.91. The molecule has 4 heterocycles. The minimum Gasteiger partial charge on any atom is -0.456 e. The van der Waals surface area contributed by atoms with Crippen molar-refractivity contribution in [3.05, 3.63) is 125 Å². The molecule has 8 aromatic rings. The van der Waals surface area contributed by atoms with Crippen LogP contribution in [-0.4, -0.2) is 11.3 Å². The highest BCUT2D eigenvalue weighted by Gasteiger charge is 2.47. The van der Waals surface area contributed by atoms with E-state index in [1.165, 1.54) is 107 Å². The predicted octanol–water partition coefficient (Wildman–Crippen LogP) is 13.1. The smallest absolute Gasteiger partial charge is 0.333 e. The van der Waals surface area contributed by atoms with E-state index < -0.39 is 0 Å². The molecule has 0 amide bonds. The largest absolute Gasteiger partial charge is 0.456 e. The van der Waals surface area contributed by atoms with Gasteiger partial charge in [0, 0.05) is 61.3 Å². The summed E-state index contributed by atoms with van der Waals surface area (Å²) < 4.78 is 9.61. The van der Waals surface area contributed by atoms with Gasteiger partial charge in [-0.15, -0.1) is 0 Å². The SMILES string of the molecule is CC(C)(C)c1cc(N2c3cc4c(cc3B3c5c2cc2oc6ccccc6c2c5-c2cccc5c6ccccc6n3c25)C(C)(C)CCC4(C)C)cc(C(C)(C)C)c1. The van der Waals surface area contributed by atoms with Gasteiger partial charge in [-0.3, -0.25) is 0 Å². The van der Waals surface area contributed by atoms with Gasteiger partial charge in [-0.25, -0.2) is 0 Å². The monoisotopic (exact) mass is 730 g/mol.